The van der Waals surface area contributed by atoms with Crippen molar-refractivity contribution in [3.8, 4) is 5.75 Å². The van der Waals surface area contributed by atoms with Gasteiger partial charge in [0, 0.05) is 5.22 Å². The van der Waals surface area contributed by atoms with Crippen molar-refractivity contribution >= 4 is 6.08 Å². The molecular weight excluding hydrogens is 214 g/mol. The fourth-order valence-corrected chi connectivity index (χ4v) is 2.07. The number of rotatable bonds is 1. The average molecular weight is 225 g/mol. The van der Waals surface area contributed by atoms with Crippen molar-refractivity contribution in [2.75, 3.05) is 0 Å². The van der Waals surface area contributed by atoms with Gasteiger partial charge in [0.15, 0.2) is 0 Å². The van der Waals surface area contributed by atoms with Gasteiger partial charge in [-0.3, -0.25) is 0 Å². The predicted octanol–water partition coefficient (Wildman–Crippen LogP) is 0.651. The van der Waals surface area contributed by atoms with Crippen LogP contribution in [0.5, 0.6) is 5.75 Å². The number of aromatic hydroxyl groups is 1. The molecule has 2 aromatic carbocycles. The highest BCUT2D eigenvalue weighted by Gasteiger charge is 2.30. The number of fused-ring (bicyclic) bond motifs is 1. The Labute approximate surface area is 98.0 Å². The molecule has 3 nitrogen and oxygen atoms in total. The lowest BCUT2D eigenvalue weighted by molar-refractivity contribution is 0.113. The van der Waals surface area contributed by atoms with Gasteiger partial charge in [-0.1, -0.05) is 36.4 Å². The monoisotopic (exact) mass is 225 g/mol. The fourth-order valence-electron chi connectivity index (χ4n) is 2.07. The minimum absolute atomic E-state index is 0.0443. The number of phenolic OH excluding ortho intramolecular Hbond substituents is 1. The molecule has 1 heterocycles. The third-order valence-electron chi connectivity index (χ3n) is 2.88. The first kappa shape index (κ1) is 10.1. The zero-order chi connectivity index (χ0) is 11.9. The Kier molecular flexibility index (Phi) is 2.03. The van der Waals surface area contributed by atoms with Gasteiger partial charge in [0.25, 0.3) is 0 Å². The first-order valence-electron chi connectivity index (χ1n) is 5.38. The van der Waals surface area contributed by atoms with Crippen LogP contribution < -0.4 is 10.6 Å². The van der Waals surface area contributed by atoms with E-state index in [9.17, 15) is 10.2 Å². The van der Waals surface area contributed by atoms with E-state index in [1.165, 1.54) is 0 Å². The van der Waals surface area contributed by atoms with Crippen LogP contribution in [0.1, 0.15) is 5.56 Å². The van der Waals surface area contributed by atoms with Crippen molar-refractivity contribution in [3.63, 3.8) is 0 Å². The first-order valence-corrected chi connectivity index (χ1v) is 5.38. The van der Waals surface area contributed by atoms with E-state index in [1.807, 2.05) is 24.3 Å². The predicted molar refractivity (Wildman–Crippen MR) is 63.7 cm³/mol. The summed E-state index contributed by atoms with van der Waals surface area (Å²) in [5, 5.41) is 21.9. The van der Waals surface area contributed by atoms with Crippen LogP contribution in [0, 0.1) is 0 Å². The maximum atomic E-state index is 10.5. The van der Waals surface area contributed by atoms with E-state index in [0.717, 1.165) is 10.6 Å². The molecule has 0 aliphatic carbocycles. The zero-order valence-electron chi connectivity index (χ0n) is 9.04. The Bertz CT molecular complexity index is 656. The quantitative estimate of drug-likeness (QED) is 0.748. The normalized spacial score (nSPS) is 21.5. The van der Waals surface area contributed by atoms with Crippen LogP contribution in [-0.4, -0.2) is 10.2 Å². The van der Waals surface area contributed by atoms with E-state index < -0.39 is 5.72 Å². The van der Waals surface area contributed by atoms with Crippen molar-refractivity contribution in [2.24, 2.45) is 4.99 Å². The highest BCUT2D eigenvalue weighted by Crippen LogP contribution is 2.32. The number of para-hydroxylation sites is 2. The molecule has 0 radical (unpaired) electrons. The minimum Gasteiger partial charge on any atom is -0.507 e. The summed E-state index contributed by atoms with van der Waals surface area (Å²) in [7, 11) is 0. The molecule has 0 saturated carbocycles. The van der Waals surface area contributed by atoms with Crippen LogP contribution in [-0.2, 0) is 5.72 Å². The smallest absolute Gasteiger partial charge is 0.207 e. The van der Waals surface area contributed by atoms with Gasteiger partial charge >= 0.3 is 0 Å². The summed E-state index contributed by atoms with van der Waals surface area (Å²) >= 11 is 0. The first-order chi connectivity index (χ1) is 8.19. The molecule has 1 aliphatic heterocycles. The summed E-state index contributed by atoms with van der Waals surface area (Å²) in [6.45, 7) is 0. The van der Waals surface area contributed by atoms with Crippen LogP contribution in [0.25, 0.3) is 6.08 Å². The summed E-state index contributed by atoms with van der Waals surface area (Å²) in [5.74, 6) is 0.0443. The van der Waals surface area contributed by atoms with E-state index in [4.69, 9.17) is 0 Å². The van der Waals surface area contributed by atoms with E-state index in [0.29, 0.717) is 5.56 Å². The maximum Gasteiger partial charge on any atom is 0.207 e. The molecular formula is C14H11NO2. The van der Waals surface area contributed by atoms with Crippen LogP contribution in [0.2, 0.25) is 0 Å². The van der Waals surface area contributed by atoms with Gasteiger partial charge in [0.2, 0.25) is 5.72 Å². The number of benzene rings is 2. The van der Waals surface area contributed by atoms with E-state index >= 15 is 0 Å². The van der Waals surface area contributed by atoms with Gasteiger partial charge < -0.3 is 10.2 Å². The SMILES string of the molecule is Oc1ccccc1C1(O)C=c2ccccc2=N1. The van der Waals surface area contributed by atoms with Crippen LogP contribution in [0.15, 0.2) is 53.5 Å². The maximum absolute atomic E-state index is 10.5. The van der Waals surface area contributed by atoms with Crippen LogP contribution in [0.3, 0.4) is 0 Å². The molecule has 0 fully saturated rings. The Morgan fingerprint density at radius 3 is 2.41 bits per heavy atom. The van der Waals surface area contributed by atoms with Gasteiger partial charge in [0.05, 0.1) is 10.9 Å². The highest BCUT2D eigenvalue weighted by molar-refractivity contribution is 5.50. The van der Waals surface area contributed by atoms with Crippen molar-refractivity contribution in [3.05, 3.63) is 64.7 Å². The molecule has 1 atom stereocenters. The summed E-state index contributed by atoms with van der Waals surface area (Å²) < 4.78 is 0. The second-order valence-electron chi connectivity index (χ2n) is 4.06. The molecule has 1 aliphatic rings. The lowest BCUT2D eigenvalue weighted by atomic mass is 10.0. The Balaban J connectivity index is 2.25. The zero-order valence-corrected chi connectivity index (χ0v) is 9.04. The molecule has 17 heavy (non-hydrogen) atoms. The van der Waals surface area contributed by atoms with Gasteiger partial charge in [-0.25, -0.2) is 4.99 Å². The molecule has 3 rings (SSSR count). The molecule has 2 N–H and O–H groups in total. The highest BCUT2D eigenvalue weighted by atomic mass is 16.3. The van der Waals surface area contributed by atoms with E-state index in [1.54, 1.807) is 30.3 Å². The Morgan fingerprint density at radius 1 is 0.941 bits per heavy atom. The summed E-state index contributed by atoms with van der Waals surface area (Å²) in [6, 6.07) is 14.2. The van der Waals surface area contributed by atoms with E-state index in [2.05, 4.69) is 4.99 Å². The Morgan fingerprint density at radius 2 is 1.65 bits per heavy atom. The average Bonchev–Trinajstić information content (AvgIpc) is 2.66. The van der Waals surface area contributed by atoms with Crippen molar-refractivity contribution < 1.29 is 10.2 Å². The molecule has 0 amide bonds. The van der Waals surface area contributed by atoms with Gasteiger partial charge in [0.1, 0.15) is 5.75 Å². The van der Waals surface area contributed by atoms with Crippen LogP contribution >= 0.6 is 0 Å². The Hall–Kier alpha value is -2.13. The number of aliphatic hydroxyl groups is 1. The lowest BCUT2D eigenvalue weighted by Crippen LogP contribution is -2.19. The number of nitrogens with zero attached hydrogens (tertiary/aromatic N) is 1. The third kappa shape index (κ3) is 1.52. The molecule has 2 aromatic rings. The lowest BCUT2D eigenvalue weighted by Gasteiger charge is -2.18. The molecule has 1 unspecified atom stereocenters. The number of hydrogen-bond donors (Lipinski definition) is 2. The second kappa shape index (κ2) is 3.43. The fraction of sp³-hybridized carbons (Fsp3) is 0.0714. The van der Waals surface area contributed by atoms with Crippen LogP contribution in [0.4, 0.5) is 0 Å². The number of hydrogen-bond acceptors (Lipinski definition) is 3. The van der Waals surface area contributed by atoms with Crippen molar-refractivity contribution in [2.45, 2.75) is 5.72 Å². The van der Waals surface area contributed by atoms with Gasteiger partial charge in [-0.05, 0) is 18.2 Å². The van der Waals surface area contributed by atoms with Crippen molar-refractivity contribution in [1.29, 1.82) is 0 Å². The molecule has 0 aromatic heterocycles. The molecule has 0 bridgehead atoms. The van der Waals surface area contributed by atoms with E-state index in [-0.39, 0.29) is 5.75 Å². The second-order valence-corrected chi connectivity index (χ2v) is 4.06. The minimum atomic E-state index is -1.46. The topological polar surface area (TPSA) is 52.8 Å². The largest absolute Gasteiger partial charge is 0.507 e. The van der Waals surface area contributed by atoms with Crippen molar-refractivity contribution in [1.82, 2.24) is 0 Å². The molecule has 0 spiro atoms. The summed E-state index contributed by atoms with van der Waals surface area (Å²) in [5.41, 5.74) is -1.06. The van der Waals surface area contributed by atoms with Gasteiger partial charge in [-0.2, -0.15) is 0 Å². The third-order valence-corrected chi connectivity index (χ3v) is 2.88. The molecule has 84 valence electrons. The number of phenols is 1. The molecule has 3 heteroatoms. The molecule has 0 saturated heterocycles. The standard InChI is InChI=1S/C14H11NO2/c16-13-8-4-2-6-11(13)14(17)9-10-5-1-3-7-12(10)15-14/h1-9,16-17H. The van der Waals surface area contributed by atoms with Gasteiger partial charge in [-0.15, -0.1) is 0 Å². The summed E-state index contributed by atoms with van der Waals surface area (Å²) in [6.07, 6.45) is 1.65. The summed E-state index contributed by atoms with van der Waals surface area (Å²) in [4.78, 5) is 4.25.